The van der Waals surface area contributed by atoms with E-state index in [1.807, 2.05) is 27.7 Å². The van der Waals surface area contributed by atoms with E-state index >= 15 is 0 Å². The van der Waals surface area contributed by atoms with Crippen LogP contribution in [0.3, 0.4) is 0 Å². The number of rotatable bonds is 4. The van der Waals surface area contributed by atoms with Gasteiger partial charge in [0.15, 0.2) is 18.2 Å². The molecule has 0 bridgehead atoms. The van der Waals surface area contributed by atoms with Crippen molar-refractivity contribution in [1.82, 2.24) is 0 Å². The number of hydrogen-bond donors (Lipinski definition) is 1. The quantitative estimate of drug-likeness (QED) is 0.855. The summed E-state index contributed by atoms with van der Waals surface area (Å²) in [6.07, 6.45) is 0. The molecule has 114 valence electrons. The fourth-order valence-corrected chi connectivity index (χ4v) is 1.90. The smallest absolute Gasteiger partial charge is 0.479 e. The Kier molecular flexibility index (Phi) is 3.99. The predicted molar refractivity (Wildman–Crippen MR) is 75.2 cm³/mol. The van der Waals surface area contributed by atoms with Crippen LogP contribution in [0, 0.1) is 5.82 Å². The third-order valence-electron chi connectivity index (χ3n) is 3.83. The average Bonchev–Trinajstić information content (AvgIpc) is 2.56. The van der Waals surface area contributed by atoms with Crippen molar-refractivity contribution in [2.75, 3.05) is 6.61 Å². The zero-order valence-electron chi connectivity index (χ0n) is 12.5. The van der Waals surface area contributed by atoms with Crippen molar-refractivity contribution in [1.29, 1.82) is 0 Å². The lowest BCUT2D eigenvalue weighted by Gasteiger charge is -2.32. The van der Waals surface area contributed by atoms with E-state index in [4.69, 9.17) is 19.2 Å². The monoisotopic (exact) mass is 296 g/mol. The van der Waals surface area contributed by atoms with Crippen molar-refractivity contribution in [2.45, 2.75) is 38.9 Å². The molecule has 0 amide bonds. The van der Waals surface area contributed by atoms with Gasteiger partial charge in [0.25, 0.3) is 0 Å². The Balaban J connectivity index is 2.16. The second-order valence-electron chi connectivity index (χ2n) is 5.96. The predicted octanol–water partition coefficient (Wildman–Crippen LogP) is 1.59. The number of ether oxygens (including phenoxy) is 1. The van der Waals surface area contributed by atoms with Gasteiger partial charge in [-0.1, -0.05) is 6.07 Å². The summed E-state index contributed by atoms with van der Waals surface area (Å²) in [5, 5.41) is 8.52. The Morgan fingerprint density at radius 2 is 1.86 bits per heavy atom. The van der Waals surface area contributed by atoms with E-state index in [9.17, 15) is 9.18 Å². The fraction of sp³-hybridized carbons (Fsp3) is 0.500. The van der Waals surface area contributed by atoms with E-state index in [2.05, 4.69) is 0 Å². The standard InChI is InChI=1S/C14H18BFO5/c1-13(2)14(3,4)21-15(20-13)9-5-6-11(10(16)7-9)19-8-12(17)18/h5-7H,8H2,1-4H3,(H,17,18). The number of carbonyl (C=O) groups is 1. The van der Waals surface area contributed by atoms with Gasteiger partial charge < -0.3 is 19.2 Å². The molecule has 5 nitrogen and oxygen atoms in total. The molecule has 0 radical (unpaired) electrons. The van der Waals surface area contributed by atoms with Crippen LogP contribution >= 0.6 is 0 Å². The molecule has 0 saturated carbocycles. The normalized spacial score (nSPS) is 19.6. The van der Waals surface area contributed by atoms with E-state index in [-0.39, 0.29) is 5.75 Å². The molecule has 1 fully saturated rings. The van der Waals surface area contributed by atoms with Crippen LogP contribution in [0.15, 0.2) is 18.2 Å². The van der Waals surface area contributed by atoms with Gasteiger partial charge in [0, 0.05) is 0 Å². The van der Waals surface area contributed by atoms with E-state index < -0.39 is 36.7 Å². The SMILES string of the molecule is CC1(C)OB(c2ccc(OCC(=O)O)c(F)c2)OC1(C)C. The van der Waals surface area contributed by atoms with E-state index in [1.165, 1.54) is 12.1 Å². The molecule has 1 saturated heterocycles. The largest absolute Gasteiger partial charge is 0.494 e. The van der Waals surface area contributed by atoms with Crippen LogP contribution in [0.1, 0.15) is 27.7 Å². The second-order valence-corrected chi connectivity index (χ2v) is 5.96. The number of halogens is 1. The highest BCUT2D eigenvalue weighted by Gasteiger charge is 2.51. The molecule has 2 rings (SSSR count). The van der Waals surface area contributed by atoms with Crippen LogP contribution < -0.4 is 10.2 Å². The summed E-state index contributed by atoms with van der Waals surface area (Å²) in [7, 11) is -0.668. The fourth-order valence-electron chi connectivity index (χ4n) is 1.90. The third kappa shape index (κ3) is 3.19. The van der Waals surface area contributed by atoms with Crippen LogP contribution in [0.25, 0.3) is 0 Å². The number of benzene rings is 1. The second kappa shape index (κ2) is 5.31. The first-order valence-electron chi connectivity index (χ1n) is 6.62. The first-order valence-corrected chi connectivity index (χ1v) is 6.62. The average molecular weight is 296 g/mol. The van der Waals surface area contributed by atoms with Gasteiger partial charge in [0.05, 0.1) is 11.2 Å². The first kappa shape index (κ1) is 15.8. The highest BCUT2D eigenvalue weighted by atomic mass is 19.1. The number of carboxylic acids is 1. The summed E-state index contributed by atoms with van der Waals surface area (Å²) >= 11 is 0. The number of hydrogen-bond acceptors (Lipinski definition) is 4. The maximum absolute atomic E-state index is 13.9. The Labute approximate surface area is 123 Å². The first-order chi connectivity index (χ1) is 9.62. The zero-order chi connectivity index (χ0) is 15.8. The van der Waals surface area contributed by atoms with Gasteiger partial charge in [-0.05, 0) is 45.3 Å². The third-order valence-corrected chi connectivity index (χ3v) is 3.83. The molecule has 0 unspecified atom stereocenters. The minimum Gasteiger partial charge on any atom is -0.479 e. The molecule has 0 spiro atoms. The van der Waals surface area contributed by atoms with Gasteiger partial charge in [0.1, 0.15) is 0 Å². The summed E-state index contributed by atoms with van der Waals surface area (Å²) < 4.78 is 30.4. The molecule has 7 heteroatoms. The maximum atomic E-state index is 13.9. The van der Waals surface area contributed by atoms with Gasteiger partial charge in [-0.25, -0.2) is 9.18 Å². The van der Waals surface area contributed by atoms with Crippen molar-refractivity contribution in [3.63, 3.8) is 0 Å². The minimum atomic E-state index is -1.16. The minimum absolute atomic E-state index is 0.113. The summed E-state index contributed by atoms with van der Waals surface area (Å²) in [6.45, 7) is 7.05. The molecule has 1 N–H and O–H groups in total. The Morgan fingerprint density at radius 3 is 2.33 bits per heavy atom. The lowest BCUT2D eigenvalue weighted by Crippen LogP contribution is -2.41. The van der Waals surface area contributed by atoms with Crippen molar-refractivity contribution >= 4 is 18.6 Å². The number of aliphatic carboxylic acids is 1. The van der Waals surface area contributed by atoms with Crippen molar-refractivity contribution in [2.24, 2.45) is 0 Å². The van der Waals surface area contributed by atoms with Crippen molar-refractivity contribution < 1.29 is 28.3 Å². The highest BCUT2D eigenvalue weighted by molar-refractivity contribution is 6.62. The van der Waals surface area contributed by atoms with Gasteiger partial charge >= 0.3 is 13.1 Å². The molecule has 0 aromatic heterocycles. The van der Waals surface area contributed by atoms with Crippen molar-refractivity contribution in [3.05, 3.63) is 24.0 Å². The van der Waals surface area contributed by atoms with Crippen LogP contribution in [0.2, 0.25) is 0 Å². The molecule has 1 aliphatic heterocycles. The van der Waals surface area contributed by atoms with Gasteiger partial charge in [-0.2, -0.15) is 0 Å². The van der Waals surface area contributed by atoms with E-state index in [1.54, 1.807) is 6.07 Å². The zero-order valence-corrected chi connectivity index (χ0v) is 12.5. The molecule has 1 heterocycles. The van der Waals surface area contributed by atoms with Crippen LogP contribution in [-0.2, 0) is 14.1 Å². The molecule has 0 aliphatic carbocycles. The van der Waals surface area contributed by atoms with Gasteiger partial charge in [-0.15, -0.1) is 0 Å². The van der Waals surface area contributed by atoms with Crippen LogP contribution in [-0.4, -0.2) is 36.0 Å². The van der Waals surface area contributed by atoms with Gasteiger partial charge in [-0.3, -0.25) is 0 Å². The molecule has 21 heavy (non-hydrogen) atoms. The van der Waals surface area contributed by atoms with Gasteiger partial charge in [0.2, 0.25) is 0 Å². The highest BCUT2D eigenvalue weighted by Crippen LogP contribution is 2.36. The maximum Gasteiger partial charge on any atom is 0.494 e. The topological polar surface area (TPSA) is 65.0 Å². The molecular weight excluding hydrogens is 278 g/mol. The summed E-state index contributed by atoms with van der Waals surface area (Å²) in [6, 6.07) is 4.21. The lowest BCUT2D eigenvalue weighted by atomic mass is 9.79. The van der Waals surface area contributed by atoms with E-state index in [0.717, 1.165) is 0 Å². The summed E-state index contributed by atoms with van der Waals surface area (Å²) in [5.41, 5.74) is -0.493. The molecular formula is C14H18BFO5. The Morgan fingerprint density at radius 1 is 1.29 bits per heavy atom. The van der Waals surface area contributed by atoms with Crippen LogP contribution in [0.5, 0.6) is 5.75 Å². The molecule has 1 aromatic carbocycles. The van der Waals surface area contributed by atoms with Crippen molar-refractivity contribution in [3.8, 4) is 5.75 Å². The summed E-state index contributed by atoms with van der Waals surface area (Å²) in [4.78, 5) is 10.4. The van der Waals surface area contributed by atoms with Crippen LogP contribution in [0.4, 0.5) is 4.39 Å². The lowest BCUT2D eigenvalue weighted by molar-refractivity contribution is -0.139. The Hall–Kier alpha value is -1.60. The Bertz CT molecular complexity index is 542. The molecule has 1 aromatic rings. The summed E-state index contributed by atoms with van der Waals surface area (Å²) in [5.74, 6) is -1.93. The molecule has 1 aliphatic rings. The number of carboxylic acid groups (broad SMARTS) is 1. The molecule has 0 atom stereocenters. The van der Waals surface area contributed by atoms with E-state index in [0.29, 0.717) is 5.46 Å².